The van der Waals surface area contributed by atoms with Crippen LogP contribution >= 0.6 is 0 Å². The molecule has 3 saturated heterocycles. The molecule has 0 aromatic rings. The summed E-state index contributed by atoms with van der Waals surface area (Å²) in [6.07, 6.45) is 44.8. The quantitative estimate of drug-likeness (QED) is 0.0199. The third-order valence-electron chi connectivity index (χ3n) is 19.4. The largest absolute Gasteiger partial charge is 0.394 e. The molecule has 0 bridgehead atoms. The van der Waals surface area contributed by atoms with Gasteiger partial charge < -0.3 is 89.9 Å². The standard InChI is InChI=1S/C77H141NO18/c1-3-5-7-9-11-13-15-17-19-21-23-24-25-26-27-28-29-30-31-32-33-34-35-36-37-39-41-43-45-47-49-51-53-55-65(83)78-60(61(82)54-52-50-48-46-44-42-40-38-22-20-18-16-14-12-10-8-6-4-2)59-91-75-71(89)68(86)73(63(57-80)93-75)96-77-72(90)69(87)74(64(58-81)94-77)95-76-70(88)67(85)66(84)62(56-79)92-76/h5,7,11,13,17,19,23-24,60-64,66-77,79-82,84-90H,3-4,6,8-10,12,14-16,18,20-22,25-59H2,1-2H3,(H,78,83)/b7-5-,13-11-,19-17-,24-23-. The van der Waals surface area contributed by atoms with Crippen LogP contribution in [0, 0.1) is 0 Å². The first-order chi connectivity index (χ1) is 46.8. The molecule has 0 aromatic carbocycles. The van der Waals surface area contributed by atoms with E-state index >= 15 is 0 Å². The minimum Gasteiger partial charge on any atom is -0.394 e. The first-order valence-electron chi connectivity index (χ1n) is 38.9. The van der Waals surface area contributed by atoms with E-state index in [4.69, 9.17) is 28.4 Å². The molecule has 3 fully saturated rings. The lowest BCUT2D eigenvalue weighted by Gasteiger charge is -2.48. The summed E-state index contributed by atoms with van der Waals surface area (Å²) in [6, 6.07) is -0.887. The Bertz CT molecular complexity index is 1930. The number of hydrogen-bond acceptors (Lipinski definition) is 18. The van der Waals surface area contributed by atoms with Gasteiger partial charge in [0.1, 0.15) is 73.2 Å². The molecule has 1 amide bonds. The van der Waals surface area contributed by atoms with E-state index in [1.54, 1.807) is 0 Å². The maximum Gasteiger partial charge on any atom is 0.220 e. The number of ether oxygens (including phenoxy) is 6. The van der Waals surface area contributed by atoms with Crippen LogP contribution in [0.3, 0.4) is 0 Å². The number of unbranched alkanes of at least 4 members (excludes halogenated alkanes) is 37. The molecule has 0 saturated carbocycles. The van der Waals surface area contributed by atoms with Crippen molar-refractivity contribution in [2.24, 2.45) is 0 Å². The average molecular weight is 1370 g/mol. The van der Waals surface area contributed by atoms with Crippen LogP contribution in [-0.2, 0) is 33.2 Å². The molecule has 0 radical (unpaired) electrons. The van der Waals surface area contributed by atoms with Gasteiger partial charge in [-0.1, -0.05) is 294 Å². The van der Waals surface area contributed by atoms with Crippen molar-refractivity contribution in [3.05, 3.63) is 48.6 Å². The first kappa shape index (κ1) is 88.0. The van der Waals surface area contributed by atoms with Crippen molar-refractivity contribution in [3.63, 3.8) is 0 Å². The molecule has 0 aromatic heterocycles. The zero-order chi connectivity index (χ0) is 69.6. The van der Waals surface area contributed by atoms with Gasteiger partial charge in [-0.2, -0.15) is 0 Å². The van der Waals surface area contributed by atoms with Gasteiger partial charge in [0.15, 0.2) is 18.9 Å². The van der Waals surface area contributed by atoms with Crippen LogP contribution in [0.5, 0.6) is 0 Å². The Balaban J connectivity index is 1.35. The minimum atomic E-state index is -1.97. The molecule has 0 spiro atoms. The molecule has 19 nitrogen and oxygen atoms in total. The van der Waals surface area contributed by atoms with Gasteiger partial charge in [0, 0.05) is 6.42 Å². The van der Waals surface area contributed by atoms with Gasteiger partial charge in [-0.05, 0) is 51.4 Å². The zero-order valence-electron chi connectivity index (χ0n) is 59.9. The van der Waals surface area contributed by atoms with E-state index in [9.17, 15) is 61.0 Å². The predicted molar refractivity (Wildman–Crippen MR) is 379 cm³/mol. The fraction of sp³-hybridized carbons (Fsp3) is 0.883. The number of hydrogen-bond donors (Lipinski definition) is 12. The van der Waals surface area contributed by atoms with Crippen LogP contribution in [0.4, 0.5) is 0 Å². The van der Waals surface area contributed by atoms with Crippen molar-refractivity contribution in [2.75, 3.05) is 26.4 Å². The number of carbonyl (C=O) groups is 1. The van der Waals surface area contributed by atoms with Crippen molar-refractivity contribution in [1.29, 1.82) is 0 Å². The van der Waals surface area contributed by atoms with Crippen molar-refractivity contribution >= 4 is 5.91 Å². The maximum absolute atomic E-state index is 13.5. The Morgan fingerprint density at radius 3 is 1.12 bits per heavy atom. The number of aliphatic hydroxyl groups is 11. The molecule has 562 valence electrons. The van der Waals surface area contributed by atoms with E-state index < -0.39 is 124 Å². The number of nitrogens with one attached hydrogen (secondary N) is 1. The molecule has 96 heavy (non-hydrogen) atoms. The van der Waals surface area contributed by atoms with Crippen LogP contribution in [0.25, 0.3) is 0 Å². The summed E-state index contributed by atoms with van der Waals surface area (Å²) in [5, 5.41) is 121. The second kappa shape index (κ2) is 58.3. The lowest BCUT2D eigenvalue weighted by molar-refractivity contribution is -0.379. The molecule has 19 heteroatoms. The minimum absolute atomic E-state index is 0.238. The summed E-state index contributed by atoms with van der Waals surface area (Å²) in [4.78, 5) is 13.5. The van der Waals surface area contributed by atoms with Crippen molar-refractivity contribution in [2.45, 2.75) is 407 Å². The third-order valence-corrected chi connectivity index (χ3v) is 19.4. The molecule has 3 heterocycles. The molecule has 17 unspecified atom stereocenters. The fourth-order valence-corrected chi connectivity index (χ4v) is 13.2. The summed E-state index contributed by atoms with van der Waals surface area (Å²) in [5.41, 5.74) is 0. The van der Waals surface area contributed by atoms with E-state index in [1.807, 2.05) is 0 Å². The fourth-order valence-electron chi connectivity index (χ4n) is 13.2. The normalized spacial score (nSPS) is 27.3. The van der Waals surface area contributed by atoms with Crippen molar-refractivity contribution in [1.82, 2.24) is 5.32 Å². The predicted octanol–water partition coefficient (Wildman–Crippen LogP) is 12.1. The van der Waals surface area contributed by atoms with Crippen LogP contribution < -0.4 is 5.32 Å². The van der Waals surface area contributed by atoms with Crippen LogP contribution in [0.2, 0.25) is 0 Å². The smallest absolute Gasteiger partial charge is 0.220 e. The van der Waals surface area contributed by atoms with Gasteiger partial charge in [-0.3, -0.25) is 4.79 Å². The number of aliphatic hydroxyl groups excluding tert-OH is 11. The molecule has 3 aliphatic heterocycles. The Kier molecular flexibility index (Phi) is 53.4. The zero-order valence-corrected chi connectivity index (χ0v) is 59.9. The highest BCUT2D eigenvalue weighted by Gasteiger charge is 2.54. The highest BCUT2D eigenvalue weighted by atomic mass is 16.8. The van der Waals surface area contributed by atoms with Gasteiger partial charge in [0.2, 0.25) is 5.91 Å². The molecule has 17 atom stereocenters. The van der Waals surface area contributed by atoms with Crippen LogP contribution in [0.15, 0.2) is 48.6 Å². The van der Waals surface area contributed by atoms with Crippen LogP contribution in [-0.4, -0.2) is 193 Å². The molecule has 3 aliphatic rings. The summed E-state index contributed by atoms with van der Waals surface area (Å²) < 4.78 is 34.5. The summed E-state index contributed by atoms with van der Waals surface area (Å²) in [5.74, 6) is -0.238. The van der Waals surface area contributed by atoms with E-state index in [0.717, 1.165) is 70.6 Å². The maximum atomic E-state index is 13.5. The third kappa shape index (κ3) is 38.7. The second-order valence-electron chi connectivity index (χ2n) is 27.8. The van der Waals surface area contributed by atoms with E-state index in [-0.39, 0.29) is 18.9 Å². The monoisotopic (exact) mass is 1370 g/mol. The number of allylic oxidation sites excluding steroid dienone is 8. The summed E-state index contributed by atoms with van der Waals surface area (Å²) >= 11 is 0. The van der Waals surface area contributed by atoms with Gasteiger partial charge in [-0.15, -0.1) is 0 Å². The number of rotatable bonds is 61. The molecular weight excluding hydrogens is 1230 g/mol. The lowest BCUT2D eigenvalue weighted by atomic mass is 9.96. The Morgan fingerprint density at radius 2 is 0.719 bits per heavy atom. The van der Waals surface area contributed by atoms with Gasteiger partial charge in [0.05, 0.1) is 38.6 Å². The first-order valence-corrected chi connectivity index (χ1v) is 38.9. The van der Waals surface area contributed by atoms with Crippen LogP contribution in [0.1, 0.15) is 303 Å². The summed E-state index contributed by atoms with van der Waals surface area (Å²) in [6.45, 7) is 1.72. The van der Waals surface area contributed by atoms with E-state index in [1.165, 1.54) is 199 Å². The Morgan fingerprint density at radius 1 is 0.385 bits per heavy atom. The SMILES string of the molecule is CC/C=C\C/C=C\C/C=C\C/C=C\CCCCCCCCCCCCCCCCCCCCCCC(=O)NC(COC1OC(CO)C(OC2OC(CO)C(OC3OC(CO)C(O)C(O)C3O)C(O)C2O)C(O)C1O)C(O)CCCCCCCCCCCCCCCCCCCC. The average Bonchev–Trinajstić information content (AvgIpc) is 0.787. The molecular formula is C77H141NO18. The van der Waals surface area contributed by atoms with E-state index in [0.29, 0.717) is 12.8 Å². The van der Waals surface area contributed by atoms with Gasteiger partial charge in [0.25, 0.3) is 0 Å². The molecule has 0 aliphatic carbocycles. The highest BCUT2D eigenvalue weighted by Crippen LogP contribution is 2.33. The molecule has 12 N–H and O–H groups in total. The van der Waals surface area contributed by atoms with E-state index in [2.05, 4.69) is 67.8 Å². The van der Waals surface area contributed by atoms with Crippen molar-refractivity contribution < 1.29 is 89.4 Å². The number of carbonyl (C=O) groups excluding carboxylic acids is 1. The van der Waals surface area contributed by atoms with Gasteiger partial charge >= 0.3 is 0 Å². The topological polar surface area (TPSA) is 307 Å². The van der Waals surface area contributed by atoms with Crippen molar-refractivity contribution in [3.8, 4) is 0 Å². The Hall–Kier alpha value is -2.25. The molecule has 3 rings (SSSR count). The number of amides is 1. The second-order valence-corrected chi connectivity index (χ2v) is 27.8. The lowest BCUT2D eigenvalue weighted by Crippen LogP contribution is -2.66. The highest BCUT2D eigenvalue weighted by molar-refractivity contribution is 5.76. The Labute approximate surface area is 580 Å². The summed E-state index contributed by atoms with van der Waals surface area (Å²) in [7, 11) is 0. The van der Waals surface area contributed by atoms with Gasteiger partial charge in [-0.25, -0.2) is 0 Å².